The average molecular weight is 247 g/mol. The summed E-state index contributed by atoms with van der Waals surface area (Å²) in [5.41, 5.74) is 0. The second-order valence-electron chi connectivity index (χ2n) is 5.23. The van der Waals surface area contributed by atoms with Crippen LogP contribution < -0.4 is 0 Å². The molecule has 0 fully saturated rings. The van der Waals surface area contributed by atoms with Gasteiger partial charge in [-0.1, -0.05) is 78.1 Å². The lowest BCUT2D eigenvalue weighted by atomic mass is 10.0. The van der Waals surface area contributed by atoms with Crippen LogP contribution in [0, 0.1) is 5.92 Å². The molecule has 0 saturated heterocycles. The van der Waals surface area contributed by atoms with Crippen molar-refractivity contribution >= 4 is 11.6 Å². The summed E-state index contributed by atoms with van der Waals surface area (Å²) in [4.78, 5) is 0. The molecule has 1 atom stereocenters. The zero-order valence-corrected chi connectivity index (χ0v) is 12.2. The molecule has 98 valence electrons. The van der Waals surface area contributed by atoms with Gasteiger partial charge in [-0.2, -0.15) is 0 Å². The van der Waals surface area contributed by atoms with Crippen LogP contribution in [-0.2, 0) is 0 Å². The lowest BCUT2D eigenvalue weighted by molar-refractivity contribution is 0.508. The van der Waals surface area contributed by atoms with E-state index < -0.39 is 0 Å². The van der Waals surface area contributed by atoms with Crippen molar-refractivity contribution in [2.75, 3.05) is 5.88 Å². The summed E-state index contributed by atoms with van der Waals surface area (Å²) in [6.45, 7) is 4.53. The predicted molar refractivity (Wildman–Crippen MR) is 76.3 cm³/mol. The van der Waals surface area contributed by atoms with E-state index >= 15 is 0 Å². The number of halogens is 1. The monoisotopic (exact) mass is 246 g/mol. The average Bonchev–Trinajstić information content (AvgIpc) is 2.31. The maximum absolute atomic E-state index is 5.77. The molecule has 1 heteroatoms. The Kier molecular flexibility index (Phi) is 13.6. The highest BCUT2D eigenvalue weighted by atomic mass is 35.5. The Balaban J connectivity index is 2.93. The van der Waals surface area contributed by atoms with Gasteiger partial charge in [-0.3, -0.25) is 0 Å². The molecule has 0 heterocycles. The van der Waals surface area contributed by atoms with Gasteiger partial charge in [0.25, 0.3) is 0 Å². The molecule has 1 unspecified atom stereocenters. The molecule has 0 spiro atoms. The number of unbranched alkanes of at least 4 members (excludes halogenated alkanes) is 9. The van der Waals surface area contributed by atoms with Crippen LogP contribution in [0.5, 0.6) is 0 Å². The van der Waals surface area contributed by atoms with E-state index in [0.717, 1.165) is 11.8 Å². The second kappa shape index (κ2) is 13.4. The summed E-state index contributed by atoms with van der Waals surface area (Å²) in [5, 5.41) is 0. The van der Waals surface area contributed by atoms with Crippen molar-refractivity contribution in [2.45, 2.75) is 84.5 Å². The van der Waals surface area contributed by atoms with E-state index in [1.807, 2.05) is 0 Å². The van der Waals surface area contributed by atoms with Gasteiger partial charge in [-0.15, -0.1) is 11.6 Å². The van der Waals surface area contributed by atoms with Gasteiger partial charge in [0.15, 0.2) is 0 Å². The molecule has 0 aliphatic carbocycles. The number of alkyl halides is 1. The van der Waals surface area contributed by atoms with Crippen molar-refractivity contribution in [2.24, 2.45) is 5.92 Å². The maximum Gasteiger partial charge on any atom is 0.0249 e. The first-order chi connectivity index (χ1) is 7.81. The Hall–Kier alpha value is 0.290. The van der Waals surface area contributed by atoms with Gasteiger partial charge in [-0.25, -0.2) is 0 Å². The number of hydrogen-bond acceptors (Lipinski definition) is 0. The number of rotatable bonds is 12. The largest absolute Gasteiger partial charge is 0.126 e. The van der Waals surface area contributed by atoms with E-state index in [0.29, 0.717) is 0 Å². The zero-order valence-electron chi connectivity index (χ0n) is 11.4. The van der Waals surface area contributed by atoms with Crippen molar-refractivity contribution in [3.63, 3.8) is 0 Å². The smallest absolute Gasteiger partial charge is 0.0249 e. The van der Waals surface area contributed by atoms with Crippen molar-refractivity contribution in [1.29, 1.82) is 0 Å². The lowest BCUT2D eigenvalue weighted by Gasteiger charge is -2.06. The maximum atomic E-state index is 5.77. The fourth-order valence-electron chi connectivity index (χ4n) is 2.06. The first kappa shape index (κ1) is 16.3. The summed E-state index contributed by atoms with van der Waals surface area (Å²) in [5.74, 6) is 1.55. The third-order valence-electron chi connectivity index (χ3n) is 3.31. The topological polar surface area (TPSA) is 0 Å². The van der Waals surface area contributed by atoms with Gasteiger partial charge in [0.05, 0.1) is 0 Å². The first-order valence-corrected chi connectivity index (χ1v) is 7.90. The molecule has 0 N–H and O–H groups in total. The number of hydrogen-bond donors (Lipinski definition) is 0. The van der Waals surface area contributed by atoms with Gasteiger partial charge >= 0.3 is 0 Å². The van der Waals surface area contributed by atoms with Crippen molar-refractivity contribution in [1.82, 2.24) is 0 Å². The van der Waals surface area contributed by atoms with Crippen LogP contribution in [0.1, 0.15) is 84.5 Å². The Labute approximate surface area is 108 Å². The quantitative estimate of drug-likeness (QED) is 0.285. The van der Waals surface area contributed by atoms with Crippen LogP contribution in [0.25, 0.3) is 0 Å². The van der Waals surface area contributed by atoms with Crippen LogP contribution in [-0.4, -0.2) is 5.88 Å². The fourth-order valence-corrected chi connectivity index (χ4v) is 2.21. The van der Waals surface area contributed by atoms with Crippen LogP contribution in [0.4, 0.5) is 0 Å². The minimum absolute atomic E-state index is 0.718. The Bertz CT molecular complexity index is 123. The summed E-state index contributed by atoms with van der Waals surface area (Å²) in [7, 11) is 0. The van der Waals surface area contributed by atoms with E-state index in [4.69, 9.17) is 11.6 Å². The zero-order chi connectivity index (χ0) is 12.1. The molecule has 0 aliphatic rings. The van der Waals surface area contributed by atoms with Crippen molar-refractivity contribution < 1.29 is 0 Å². The van der Waals surface area contributed by atoms with E-state index in [-0.39, 0.29) is 0 Å². The molecular formula is C15H31Cl. The molecule has 0 amide bonds. The molecule has 0 aliphatic heterocycles. The summed E-state index contributed by atoms with van der Waals surface area (Å²) in [6.07, 6.45) is 15.6. The van der Waals surface area contributed by atoms with Crippen LogP contribution in [0.2, 0.25) is 0 Å². The highest BCUT2D eigenvalue weighted by molar-refractivity contribution is 6.18. The summed E-state index contributed by atoms with van der Waals surface area (Å²) in [6, 6.07) is 0. The molecule has 0 saturated carbocycles. The van der Waals surface area contributed by atoms with E-state index in [9.17, 15) is 0 Å². The van der Waals surface area contributed by atoms with Crippen LogP contribution >= 0.6 is 11.6 Å². The molecule has 0 nitrogen and oxygen atoms in total. The minimum atomic E-state index is 0.718. The molecule has 0 aromatic rings. The SMILES string of the molecule is CCCCCCCCCCCCC(C)CCl. The summed E-state index contributed by atoms with van der Waals surface area (Å²) >= 11 is 5.77. The van der Waals surface area contributed by atoms with Crippen LogP contribution in [0.15, 0.2) is 0 Å². The molecule has 0 aromatic heterocycles. The van der Waals surface area contributed by atoms with Gasteiger partial charge in [0.2, 0.25) is 0 Å². The van der Waals surface area contributed by atoms with Crippen molar-refractivity contribution in [3.8, 4) is 0 Å². The molecule has 16 heavy (non-hydrogen) atoms. The molecule has 0 radical (unpaired) electrons. The minimum Gasteiger partial charge on any atom is -0.126 e. The highest BCUT2D eigenvalue weighted by Gasteiger charge is 1.99. The van der Waals surface area contributed by atoms with Crippen LogP contribution in [0.3, 0.4) is 0 Å². The van der Waals surface area contributed by atoms with Gasteiger partial charge in [0.1, 0.15) is 0 Å². The highest BCUT2D eigenvalue weighted by Crippen LogP contribution is 2.14. The van der Waals surface area contributed by atoms with Gasteiger partial charge < -0.3 is 0 Å². The molecule has 0 rings (SSSR count). The van der Waals surface area contributed by atoms with E-state index in [1.54, 1.807) is 0 Å². The molecule has 0 bridgehead atoms. The Morgan fingerprint density at radius 1 is 0.750 bits per heavy atom. The molecule has 0 aromatic carbocycles. The van der Waals surface area contributed by atoms with Gasteiger partial charge in [-0.05, 0) is 12.3 Å². The fraction of sp³-hybridized carbons (Fsp3) is 1.00. The molecular weight excluding hydrogens is 216 g/mol. The second-order valence-corrected chi connectivity index (χ2v) is 5.54. The van der Waals surface area contributed by atoms with Crippen molar-refractivity contribution in [3.05, 3.63) is 0 Å². The van der Waals surface area contributed by atoms with Gasteiger partial charge in [0, 0.05) is 5.88 Å². The standard InChI is InChI=1S/C15H31Cl/c1-3-4-5-6-7-8-9-10-11-12-13-15(2)14-16/h15H,3-14H2,1-2H3. The third kappa shape index (κ3) is 12.4. The first-order valence-electron chi connectivity index (χ1n) is 7.37. The van der Waals surface area contributed by atoms with E-state index in [2.05, 4.69) is 13.8 Å². The lowest BCUT2D eigenvalue weighted by Crippen LogP contribution is -1.95. The summed E-state index contributed by atoms with van der Waals surface area (Å²) < 4.78 is 0. The Morgan fingerprint density at radius 2 is 1.19 bits per heavy atom. The normalized spacial score (nSPS) is 12.9. The predicted octanol–water partition coefficient (Wildman–Crippen LogP) is 6.17. The Morgan fingerprint density at radius 3 is 1.62 bits per heavy atom. The van der Waals surface area contributed by atoms with E-state index in [1.165, 1.54) is 70.6 Å². The third-order valence-corrected chi connectivity index (χ3v) is 3.84.